The number of urea groups is 1. The standard InChI is InChI=1S/C22H23N3O4S2/c1-22(20(27)24-21(28)25-22)15-4-2-5-16(12-15)23-18(26)13-29-17-8-6-14(7-9-17)19-30-10-3-11-31-19/h2,4-9,12,19H,3,10-11,13H2,1H3,(H,23,26)(H2,24,25,27,28). The minimum Gasteiger partial charge on any atom is -0.484 e. The van der Waals surface area contributed by atoms with Crippen molar-refractivity contribution in [3.8, 4) is 5.75 Å². The summed E-state index contributed by atoms with van der Waals surface area (Å²) in [5.74, 6) is 2.26. The topological polar surface area (TPSA) is 96.5 Å². The minimum absolute atomic E-state index is 0.134. The Balaban J connectivity index is 1.33. The summed E-state index contributed by atoms with van der Waals surface area (Å²) in [5, 5.41) is 7.61. The molecule has 1 unspecified atom stereocenters. The Morgan fingerprint density at radius 3 is 2.58 bits per heavy atom. The van der Waals surface area contributed by atoms with Gasteiger partial charge in [-0.25, -0.2) is 4.79 Å². The van der Waals surface area contributed by atoms with E-state index in [1.54, 1.807) is 31.2 Å². The van der Waals surface area contributed by atoms with E-state index in [-0.39, 0.29) is 12.5 Å². The van der Waals surface area contributed by atoms with E-state index in [2.05, 4.69) is 16.0 Å². The van der Waals surface area contributed by atoms with Crippen molar-refractivity contribution in [2.24, 2.45) is 0 Å². The number of hydrogen-bond donors (Lipinski definition) is 3. The molecule has 0 saturated carbocycles. The van der Waals surface area contributed by atoms with Crippen LogP contribution in [-0.4, -0.2) is 36.0 Å². The number of rotatable bonds is 6. The summed E-state index contributed by atoms with van der Waals surface area (Å²) in [4.78, 5) is 36.0. The molecule has 4 rings (SSSR count). The summed E-state index contributed by atoms with van der Waals surface area (Å²) in [6.45, 7) is 1.48. The number of nitrogens with one attached hydrogen (secondary N) is 3. The van der Waals surface area contributed by atoms with E-state index in [9.17, 15) is 14.4 Å². The van der Waals surface area contributed by atoms with Crippen LogP contribution in [0.4, 0.5) is 10.5 Å². The first-order valence-electron chi connectivity index (χ1n) is 9.94. The lowest BCUT2D eigenvalue weighted by Gasteiger charge is -2.22. The van der Waals surface area contributed by atoms with Crippen LogP contribution >= 0.6 is 23.5 Å². The van der Waals surface area contributed by atoms with Crippen molar-refractivity contribution in [3.63, 3.8) is 0 Å². The van der Waals surface area contributed by atoms with E-state index in [1.807, 2.05) is 47.8 Å². The Labute approximate surface area is 189 Å². The number of thioether (sulfide) groups is 2. The Morgan fingerprint density at radius 2 is 1.90 bits per heavy atom. The van der Waals surface area contributed by atoms with Crippen molar-refractivity contribution in [2.45, 2.75) is 23.5 Å². The Bertz CT molecular complexity index is 993. The van der Waals surface area contributed by atoms with Gasteiger partial charge in [0.05, 0.1) is 4.58 Å². The van der Waals surface area contributed by atoms with E-state index in [0.717, 1.165) is 0 Å². The molecule has 1 atom stereocenters. The fraction of sp³-hybridized carbons (Fsp3) is 0.318. The van der Waals surface area contributed by atoms with Gasteiger partial charge in [0.25, 0.3) is 11.8 Å². The molecule has 4 amide bonds. The molecule has 9 heteroatoms. The average molecular weight is 458 g/mol. The fourth-order valence-corrected chi connectivity index (χ4v) is 6.30. The fourth-order valence-electron chi connectivity index (χ4n) is 3.40. The zero-order valence-corrected chi connectivity index (χ0v) is 18.6. The van der Waals surface area contributed by atoms with Crippen molar-refractivity contribution < 1.29 is 19.1 Å². The minimum atomic E-state index is -1.18. The van der Waals surface area contributed by atoms with Crippen LogP contribution in [0.15, 0.2) is 48.5 Å². The summed E-state index contributed by atoms with van der Waals surface area (Å²) in [6.07, 6.45) is 1.26. The number of hydrogen-bond acceptors (Lipinski definition) is 6. The third-order valence-corrected chi connectivity index (χ3v) is 8.13. The summed E-state index contributed by atoms with van der Waals surface area (Å²) in [5.41, 5.74) is 1.18. The number of carbonyl (C=O) groups is 3. The van der Waals surface area contributed by atoms with Crippen LogP contribution in [0.1, 0.15) is 29.1 Å². The van der Waals surface area contributed by atoms with E-state index in [4.69, 9.17) is 4.74 Å². The first-order chi connectivity index (χ1) is 14.9. The number of carbonyl (C=O) groups excluding carboxylic acids is 3. The molecule has 2 saturated heterocycles. The van der Waals surface area contributed by atoms with Gasteiger partial charge in [-0.2, -0.15) is 0 Å². The molecule has 2 aliphatic heterocycles. The van der Waals surface area contributed by atoms with Gasteiger partial charge in [-0.1, -0.05) is 24.3 Å². The molecule has 2 aromatic rings. The highest BCUT2D eigenvalue weighted by atomic mass is 32.2. The van der Waals surface area contributed by atoms with E-state index in [0.29, 0.717) is 21.6 Å². The first-order valence-corrected chi connectivity index (χ1v) is 12.0. The molecular formula is C22H23N3O4S2. The quantitative estimate of drug-likeness (QED) is 0.574. The Kier molecular flexibility index (Phi) is 6.43. The molecule has 0 spiro atoms. The van der Waals surface area contributed by atoms with Gasteiger partial charge in [-0.05, 0) is 60.2 Å². The predicted octanol–water partition coefficient (Wildman–Crippen LogP) is 3.63. The van der Waals surface area contributed by atoms with Crippen LogP contribution in [0, 0.1) is 0 Å². The summed E-state index contributed by atoms with van der Waals surface area (Å²) >= 11 is 3.92. The Morgan fingerprint density at radius 1 is 1.16 bits per heavy atom. The zero-order chi connectivity index (χ0) is 21.8. The number of imide groups is 1. The molecule has 7 nitrogen and oxygen atoms in total. The van der Waals surface area contributed by atoms with Crippen LogP contribution in [0.5, 0.6) is 5.75 Å². The van der Waals surface area contributed by atoms with Crippen molar-refractivity contribution in [1.29, 1.82) is 0 Å². The second-order valence-corrected chi connectivity index (χ2v) is 10.2. The summed E-state index contributed by atoms with van der Waals surface area (Å²) in [7, 11) is 0. The molecule has 0 bridgehead atoms. The summed E-state index contributed by atoms with van der Waals surface area (Å²) in [6, 6.07) is 14.2. The molecule has 2 fully saturated rings. The van der Waals surface area contributed by atoms with Gasteiger partial charge in [0.1, 0.15) is 11.3 Å². The third-order valence-electron chi connectivity index (χ3n) is 5.12. The number of benzene rings is 2. The largest absolute Gasteiger partial charge is 0.484 e. The van der Waals surface area contributed by atoms with Gasteiger partial charge < -0.3 is 15.4 Å². The lowest BCUT2D eigenvalue weighted by molar-refractivity contribution is -0.123. The molecule has 2 aromatic carbocycles. The Hall–Kier alpha value is -2.65. The monoisotopic (exact) mass is 457 g/mol. The highest BCUT2D eigenvalue weighted by Gasteiger charge is 2.43. The summed E-state index contributed by atoms with van der Waals surface area (Å²) < 4.78 is 6.08. The van der Waals surface area contributed by atoms with Crippen molar-refractivity contribution >= 4 is 47.1 Å². The molecule has 0 radical (unpaired) electrons. The molecular weight excluding hydrogens is 434 g/mol. The van der Waals surface area contributed by atoms with Crippen LogP contribution in [-0.2, 0) is 15.1 Å². The number of anilines is 1. The normalized spacial score (nSPS) is 21.3. The molecule has 162 valence electrons. The zero-order valence-electron chi connectivity index (χ0n) is 17.0. The van der Waals surface area contributed by atoms with Crippen LogP contribution in [0.2, 0.25) is 0 Å². The van der Waals surface area contributed by atoms with Gasteiger partial charge >= 0.3 is 6.03 Å². The van der Waals surface area contributed by atoms with Gasteiger partial charge in [0.15, 0.2) is 6.61 Å². The van der Waals surface area contributed by atoms with Crippen LogP contribution in [0.25, 0.3) is 0 Å². The average Bonchev–Trinajstić information content (AvgIpc) is 3.05. The highest BCUT2D eigenvalue weighted by Crippen LogP contribution is 2.43. The maximum atomic E-state index is 12.3. The van der Waals surface area contributed by atoms with Crippen molar-refractivity contribution in [2.75, 3.05) is 23.4 Å². The SMILES string of the molecule is CC1(c2cccc(NC(=O)COc3ccc(C4SCCCS4)cc3)c2)NC(=O)NC1=O. The van der Waals surface area contributed by atoms with Gasteiger partial charge in [-0.15, -0.1) is 23.5 Å². The second kappa shape index (κ2) is 9.23. The number of amides is 4. The molecule has 2 heterocycles. The maximum absolute atomic E-state index is 12.3. The first kappa shape index (κ1) is 21.6. The van der Waals surface area contributed by atoms with E-state index in [1.165, 1.54) is 23.5 Å². The van der Waals surface area contributed by atoms with Crippen molar-refractivity contribution in [1.82, 2.24) is 10.6 Å². The van der Waals surface area contributed by atoms with Gasteiger partial charge in [-0.3, -0.25) is 14.9 Å². The van der Waals surface area contributed by atoms with Crippen LogP contribution < -0.4 is 20.7 Å². The second-order valence-electron chi connectivity index (χ2n) is 7.45. The van der Waals surface area contributed by atoms with Gasteiger partial charge in [0, 0.05) is 5.69 Å². The van der Waals surface area contributed by atoms with Crippen LogP contribution in [0.3, 0.4) is 0 Å². The van der Waals surface area contributed by atoms with E-state index >= 15 is 0 Å². The smallest absolute Gasteiger partial charge is 0.322 e. The third kappa shape index (κ3) is 4.99. The molecule has 31 heavy (non-hydrogen) atoms. The molecule has 0 aliphatic carbocycles. The van der Waals surface area contributed by atoms with E-state index < -0.39 is 17.5 Å². The van der Waals surface area contributed by atoms with Crippen molar-refractivity contribution in [3.05, 3.63) is 59.7 Å². The maximum Gasteiger partial charge on any atom is 0.322 e. The molecule has 3 N–H and O–H groups in total. The predicted molar refractivity (Wildman–Crippen MR) is 123 cm³/mol. The lowest BCUT2D eigenvalue weighted by Crippen LogP contribution is -2.40. The molecule has 2 aliphatic rings. The van der Waals surface area contributed by atoms with Gasteiger partial charge in [0.2, 0.25) is 0 Å². The highest BCUT2D eigenvalue weighted by molar-refractivity contribution is 8.16. The number of ether oxygens (including phenoxy) is 1. The lowest BCUT2D eigenvalue weighted by atomic mass is 9.92. The molecule has 0 aromatic heterocycles.